The molecule has 0 spiro atoms. The summed E-state index contributed by atoms with van der Waals surface area (Å²) in [5.41, 5.74) is 1.52. The van der Waals surface area contributed by atoms with E-state index in [2.05, 4.69) is 4.98 Å². The third-order valence-corrected chi connectivity index (χ3v) is 3.10. The van der Waals surface area contributed by atoms with Crippen LogP contribution in [0.15, 0.2) is 29.1 Å². The standard InChI is InChI=1S/C16H16N2O4/c1-10-7-12(13(9-17)16(20)18-10)11-3-4-14(22-6-5-19)15(8-11)21-2/h3-4,7-8,19H,5-6H2,1-2H3,(H,18,20). The summed E-state index contributed by atoms with van der Waals surface area (Å²) in [5.74, 6) is 0.952. The molecule has 114 valence electrons. The van der Waals surface area contributed by atoms with Gasteiger partial charge >= 0.3 is 0 Å². The van der Waals surface area contributed by atoms with Crippen molar-refractivity contribution in [2.75, 3.05) is 20.3 Å². The molecule has 0 saturated heterocycles. The molecule has 22 heavy (non-hydrogen) atoms. The van der Waals surface area contributed by atoms with Gasteiger partial charge in [-0.3, -0.25) is 4.79 Å². The molecule has 2 aromatic rings. The van der Waals surface area contributed by atoms with Crippen LogP contribution in [0.2, 0.25) is 0 Å². The van der Waals surface area contributed by atoms with E-state index >= 15 is 0 Å². The molecular weight excluding hydrogens is 284 g/mol. The second-order valence-corrected chi connectivity index (χ2v) is 4.62. The van der Waals surface area contributed by atoms with Crippen LogP contribution in [0.1, 0.15) is 11.3 Å². The highest BCUT2D eigenvalue weighted by Crippen LogP contribution is 2.33. The Balaban J connectivity index is 2.55. The minimum atomic E-state index is -0.419. The van der Waals surface area contributed by atoms with E-state index < -0.39 is 5.56 Å². The van der Waals surface area contributed by atoms with Crippen molar-refractivity contribution in [1.29, 1.82) is 5.26 Å². The van der Waals surface area contributed by atoms with Crippen LogP contribution in [-0.2, 0) is 0 Å². The minimum absolute atomic E-state index is 0.0525. The van der Waals surface area contributed by atoms with Crippen molar-refractivity contribution >= 4 is 0 Å². The van der Waals surface area contributed by atoms with Gasteiger partial charge < -0.3 is 19.6 Å². The number of pyridine rings is 1. The molecule has 1 aromatic heterocycles. The van der Waals surface area contributed by atoms with Crippen LogP contribution in [-0.4, -0.2) is 30.4 Å². The second kappa shape index (κ2) is 6.78. The van der Waals surface area contributed by atoms with Crippen molar-refractivity contribution in [3.8, 4) is 28.7 Å². The van der Waals surface area contributed by atoms with Crippen molar-refractivity contribution in [3.05, 3.63) is 45.9 Å². The molecule has 0 aliphatic rings. The number of aryl methyl sites for hydroxylation is 1. The summed E-state index contributed by atoms with van der Waals surface area (Å²) in [6.07, 6.45) is 0. The summed E-state index contributed by atoms with van der Waals surface area (Å²) >= 11 is 0. The maximum absolute atomic E-state index is 11.9. The van der Waals surface area contributed by atoms with Gasteiger partial charge in [0.05, 0.1) is 13.7 Å². The third-order valence-electron chi connectivity index (χ3n) is 3.10. The number of nitrogens with zero attached hydrogens (tertiary/aromatic N) is 1. The number of benzene rings is 1. The lowest BCUT2D eigenvalue weighted by Crippen LogP contribution is -2.12. The Labute approximate surface area is 127 Å². The van der Waals surface area contributed by atoms with E-state index in [0.717, 1.165) is 0 Å². The quantitative estimate of drug-likeness (QED) is 0.874. The normalized spacial score (nSPS) is 10.1. The van der Waals surface area contributed by atoms with Crippen molar-refractivity contribution in [1.82, 2.24) is 4.98 Å². The number of aliphatic hydroxyl groups is 1. The number of nitrogens with one attached hydrogen (secondary N) is 1. The van der Waals surface area contributed by atoms with Gasteiger partial charge in [-0.1, -0.05) is 6.07 Å². The molecule has 1 heterocycles. The van der Waals surface area contributed by atoms with Crippen molar-refractivity contribution in [2.45, 2.75) is 6.92 Å². The smallest absolute Gasteiger partial charge is 0.266 e. The Morgan fingerprint density at radius 2 is 2.09 bits per heavy atom. The van der Waals surface area contributed by atoms with E-state index in [4.69, 9.17) is 14.6 Å². The highest BCUT2D eigenvalue weighted by Gasteiger charge is 2.13. The van der Waals surface area contributed by atoms with Gasteiger partial charge in [-0.05, 0) is 30.7 Å². The molecule has 0 unspecified atom stereocenters. The zero-order valence-electron chi connectivity index (χ0n) is 12.3. The number of methoxy groups -OCH3 is 1. The fourth-order valence-corrected chi connectivity index (χ4v) is 2.14. The van der Waals surface area contributed by atoms with Crippen LogP contribution >= 0.6 is 0 Å². The first-order chi connectivity index (χ1) is 10.6. The molecule has 2 N–H and O–H groups in total. The molecule has 0 saturated carbocycles. The van der Waals surface area contributed by atoms with Crippen LogP contribution in [0.4, 0.5) is 0 Å². The number of H-pyrrole nitrogens is 1. The van der Waals surface area contributed by atoms with E-state index in [9.17, 15) is 10.1 Å². The van der Waals surface area contributed by atoms with Crippen LogP contribution in [0.3, 0.4) is 0 Å². The first kappa shape index (κ1) is 15.6. The summed E-state index contributed by atoms with van der Waals surface area (Å²) in [6, 6.07) is 8.78. The molecule has 0 aliphatic carbocycles. The van der Waals surface area contributed by atoms with Gasteiger partial charge in [0, 0.05) is 11.3 Å². The van der Waals surface area contributed by atoms with E-state index in [1.165, 1.54) is 7.11 Å². The fraction of sp³-hybridized carbons (Fsp3) is 0.250. The molecule has 0 amide bonds. The summed E-state index contributed by atoms with van der Waals surface area (Å²) in [5, 5.41) is 18.0. The summed E-state index contributed by atoms with van der Waals surface area (Å²) in [4.78, 5) is 14.5. The maximum Gasteiger partial charge on any atom is 0.266 e. The first-order valence-corrected chi connectivity index (χ1v) is 6.66. The van der Waals surface area contributed by atoms with Crippen LogP contribution < -0.4 is 15.0 Å². The van der Waals surface area contributed by atoms with Crippen LogP contribution in [0.25, 0.3) is 11.1 Å². The number of aromatic nitrogens is 1. The molecule has 0 radical (unpaired) electrons. The Kier molecular flexibility index (Phi) is 4.81. The molecule has 0 atom stereocenters. The predicted molar refractivity (Wildman–Crippen MR) is 81.1 cm³/mol. The largest absolute Gasteiger partial charge is 0.493 e. The van der Waals surface area contributed by atoms with Crippen LogP contribution in [0, 0.1) is 18.3 Å². The van der Waals surface area contributed by atoms with Crippen molar-refractivity contribution in [2.24, 2.45) is 0 Å². The van der Waals surface area contributed by atoms with Crippen molar-refractivity contribution < 1.29 is 14.6 Å². The van der Waals surface area contributed by atoms with E-state index in [-0.39, 0.29) is 18.8 Å². The van der Waals surface area contributed by atoms with Gasteiger partial charge in [0.1, 0.15) is 18.2 Å². The Hall–Kier alpha value is -2.78. The molecule has 6 nitrogen and oxygen atoms in total. The van der Waals surface area contributed by atoms with Crippen LogP contribution in [0.5, 0.6) is 11.5 Å². The van der Waals surface area contributed by atoms with Gasteiger partial charge in [-0.2, -0.15) is 5.26 Å². The van der Waals surface area contributed by atoms with Crippen molar-refractivity contribution in [3.63, 3.8) is 0 Å². The summed E-state index contributed by atoms with van der Waals surface area (Å²) in [6.45, 7) is 1.81. The average molecular weight is 300 g/mol. The number of aliphatic hydroxyl groups excluding tert-OH is 1. The number of nitriles is 1. The summed E-state index contributed by atoms with van der Waals surface area (Å²) < 4.78 is 10.6. The fourth-order valence-electron chi connectivity index (χ4n) is 2.14. The van der Waals surface area contributed by atoms with E-state index in [0.29, 0.717) is 28.3 Å². The maximum atomic E-state index is 11.9. The Morgan fingerprint density at radius 3 is 2.73 bits per heavy atom. The van der Waals surface area contributed by atoms with Gasteiger partial charge in [0.25, 0.3) is 5.56 Å². The second-order valence-electron chi connectivity index (χ2n) is 4.62. The number of hydrogen-bond donors (Lipinski definition) is 2. The Morgan fingerprint density at radius 1 is 1.32 bits per heavy atom. The first-order valence-electron chi connectivity index (χ1n) is 6.66. The van der Waals surface area contributed by atoms with Gasteiger partial charge in [0.2, 0.25) is 0 Å². The molecule has 2 rings (SSSR count). The zero-order valence-corrected chi connectivity index (χ0v) is 12.3. The van der Waals surface area contributed by atoms with Gasteiger partial charge in [-0.25, -0.2) is 0 Å². The average Bonchev–Trinajstić information content (AvgIpc) is 2.52. The van der Waals surface area contributed by atoms with E-state index in [1.807, 2.05) is 6.07 Å². The molecular formula is C16H16N2O4. The van der Waals surface area contributed by atoms with Gasteiger partial charge in [0.15, 0.2) is 11.5 Å². The molecule has 0 bridgehead atoms. The number of aromatic amines is 1. The lowest BCUT2D eigenvalue weighted by Gasteiger charge is -2.12. The monoisotopic (exact) mass is 300 g/mol. The lowest BCUT2D eigenvalue weighted by atomic mass is 10.0. The SMILES string of the molecule is COc1cc(-c2cc(C)[nH]c(=O)c2C#N)ccc1OCCO. The highest BCUT2D eigenvalue weighted by molar-refractivity contribution is 5.72. The number of hydrogen-bond acceptors (Lipinski definition) is 5. The molecule has 0 fully saturated rings. The molecule has 1 aromatic carbocycles. The number of rotatable bonds is 5. The minimum Gasteiger partial charge on any atom is -0.493 e. The van der Waals surface area contributed by atoms with Gasteiger partial charge in [-0.15, -0.1) is 0 Å². The van der Waals surface area contributed by atoms with E-state index in [1.54, 1.807) is 31.2 Å². The number of ether oxygens (including phenoxy) is 2. The molecule has 6 heteroatoms. The predicted octanol–water partition coefficient (Wildman–Crippen LogP) is 1.60. The lowest BCUT2D eigenvalue weighted by molar-refractivity contribution is 0.196. The zero-order chi connectivity index (χ0) is 16.1. The molecule has 0 aliphatic heterocycles. The Bertz CT molecular complexity index is 775. The highest BCUT2D eigenvalue weighted by atomic mass is 16.5. The summed E-state index contributed by atoms with van der Waals surface area (Å²) in [7, 11) is 1.50. The third kappa shape index (κ3) is 3.10. The topological polar surface area (TPSA) is 95.3 Å².